The van der Waals surface area contributed by atoms with Crippen LogP contribution in [0.1, 0.15) is 16.1 Å². The number of aromatic nitrogens is 2. The predicted molar refractivity (Wildman–Crippen MR) is 61.7 cm³/mol. The number of rotatable bonds is 3. The zero-order valence-corrected chi connectivity index (χ0v) is 9.91. The van der Waals surface area contributed by atoms with E-state index in [2.05, 4.69) is 14.8 Å². The van der Waals surface area contributed by atoms with E-state index >= 15 is 0 Å². The number of nitrogens with zero attached hydrogens (tertiary/aromatic N) is 2. The van der Waals surface area contributed by atoms with Gasteiger partial charge in [-0.15, -0.1) is 0 Å². The minimum Gasteiger partial charge on any atom is -0.854 e. The number of hydrogen-bond donors (Lipinski definition) is 2. The molecule has 0 aliphatic rings. The number of amides is 1. The molecule has 0 aliphatic heterocycles. The van der Waals surface area contributed by atoms with E-state index in [9.17, 15) is 14.7 Å². The maximum absolute atomic E-state index is 11.8. The molecular formula is C11H10N4O4. The first-order valence-corrected chi connectivity index (χ1v) is 5.22. The number of aryl methyl sites for hydroxylation is 1. The van der Waals surface area contributed by atoms with Gasteiger partial charge in [0.25, 0.3) is 0 Å². The van der Waals surface area contributed by atoms with Gasteiger partial charge in [-0.25, -0.2) is 4.79 Å². The van der Waals surface area contributed by atoms with Gasteiger partial charge in [0.05, 0.1) is 11.6 Å². The molecule has 0 bridgehead atoms. The Balaban J connectivity index is 2.36. The first kappa shape index (κ1) is 12.6. The molecule has 1 aromatic heterocycles. The van der Waals surface area contributed by atoms with Crippen LogP contribution in [0.3, 0.4) is 0 Å². The first-order chi connectivity index (χ1) is 8.99. The second kappa shape index (κ2) is 4.77. The maximum Gasteiger partial charge on any atom is 0.435 e. The summed E-state index contributed by atoms with van der Waals surface area (Å²) >= 11 is 0. The molecule has 0 aliphatic carbocycles. The summed E-state index contributed by atoms with van der Waals surface area (Å²) in [6, 6.07) is 5.78. The SMILES string of the molecule is C[n+]1[nH]oc(=O)c1C([O-])=Nc1ccc(C(N)=O)cc1. The normalized spacial score (nSPS) is 11.5. The molecule has 8 nitrogen and oxygen atoms in total. The summed E-state index contributed by atoms with van der Waals surface area (Å²) in [6.45, 7) is 0. The van der Waals surface area contributed by atoms with E-state index in [0.717, 1.165) is 4.68 Å². The van der Waals surface area contributed by atoms with Gasteiger partial charge in [-0.1, -0.05) is 4.68 Å². The number of H-pyrrole nitrogens is 1. The quantitative estimate of drug-likeness (QED) is 0.389. The molecule has 2 aromatic rings. The van der Waals surface area contributed by atoms with Crippen molar-refractivity contribution in [2.45, 2.75) is 0 Å². The van der Waals surface area contributed by atoms with Crippen LogP contribution in [0, 0.1) is 0 Å². The van der Waals surface area contributed by atoms with E-state index in [4.69, 9.17) is 5.73 Å². The van der Waals surface area contributed by atoms with Gasteiger partial charge in [-0.05, 0) is 29.5 Å². The fourth-order valence-corrected chi connectivity index (χ4v) is 1.44. The van der Waals surface area contributed by atoms with E-state index in [1.807, 2.05) is 0 Å². The van der Waals surface area contributed by atoms with Crippen molar-refractivity contribution in [3.8, 4) is 0 Å². The van der Waals surface area contributed by atoms with E-state index < -0.39 is 17.4 Å². The minimum atomic E-state index is -0.801. The standard InChI is InChI=1S/C11H10N4O4/c1-15-8(11(18)19-14-15)10(17)13-7-4-2-6(3-5-7)9(12)16/h2-5H,1H3,(H3-,12,13,14,16,17,18). The molecule has 0 saturated heterocycles. The number of nitrogens with one attached hydrogen (secondary N) is 1. The third kappa shape index (κ3) is 2.51. The predicted octanol–water partition coefficient (Wildman–Crippen LogP) is -1.67. The lowest BCUT2D eigenvalue weighted by Gasteiger charge is -2.03. The molecular weight excluding hydrogens is 252 g/mol. The number of benzene rings is 1. The zero-order chi connectivity index (χ0) is 14.0. The van der Waals surface area contributed by atoms with E-state index in [-0.39, 0.29) is 5.69 Å². The lowest BCUT2D eigenvalue weighted by atomic mass is 10.2. The van der Waals surface area contributed by atoms with Gasteiger partial charge < -0.3 is 10.8 Å². The molecule has 19 heavy (non-hydrogen) atoms. The third-order valence-corrected chi connectivity index (χ3v) is 2.39. The fourth-order valence-electron chi connectivity index (χ4n) is 1.44. The van der Waals surface area contributed by atoms with Crippen molar-refractivity contribution in [3.05, 3.63) is 45.9 Å². The van der Waals surface area contributed by atoms with E-state index in [1.54, 1.807) is 0 Å². The van der Waals surface area contributed by atoms with Crippen LogP contribution in [0.25, 0.3) is 0 Å². The van der Waals surface area contributed by atoms with Crippen LogP contribution in [0.15, 0.2) is 38.6 Å². The molecule has 0 spiro atoms. The lowest BCUT2D eigenvalue weighted by Crippen LogP contribution is -2.43. The molecule has 0 atom stereocenters. The smallest absolute Gasteiger partial charge is 0.435 e. The number of carbonyl (C=O) groups excluding carboxylic acids is 1. The second-order valence-electron chi connectivity index (χ2n) is 3.72. The molecule has 0 fully saturated rings. The van der Waals surface area contributed by atoms with Crippen LogP contribution in [0.5, 0.6) is 0 Å². The van der Waals surface area contributed by atoms with Gasteiger partial charge in [0.1, 0.15) is 0 Å². The molecule has 2 rings (SSSR count). The Morgan fingerprint density at radius 2 is 2.05 bits per heavy atom. The van der Waals surface area contributed by atoms with Crippen molar-refractivity contribution in [3.63, 3.8) is 0 Å². The molecule has 0 radical (unpaired) electrons. The highest BCUT2D eigenvalue weighted by Crippen LogP contribution is 2.12. The number of hydrogen-bond acceptors (Lipinski definition) is 5. The highest BCUT2D eigenvalue weighted by atomic mass is 16.5. The highest BCUT2D eigenvalue weighted by Gasteiger charge is 2.17. The van der Waals surface area contributed by atoms with Crippen LogP contribution >= 0.6 is 0 Å². The number of primary amides is 1. The minimum absolute atomic E-state index is 0.223. The van der Waals surface area contributed by atoms with Crippen molar-refractivity contribution >= 4 is 17.5 Å². The van der Waals surface area contributed by atoms with E-state index in [0.29, 0.717) is 11.3 Å². The van der Waals surface area contributed by atoms with Gasteiger partial charge in [0.2, 0.25) is 5.91 Å². The summed E-state index contributed by atoms with van der Waals surface area (Å²) in [5, 5.41) is 14.0. The summed E-state index contributed by atoms with van der Waals surface area (Å²) in [5.41, 5.74) is 4.67. The molecule has 3 N–H and O–H groups in total. The molecule has 98 valence electrons. The maximum atomic E-state index is 11.8. The van der Waals surface area contributed by atoms with Crippen molar-refractivity contribution < 1.29 is 19.1 Å². The monoisotopic (exact) mass is 262 g/mol. The summed E-state index contributed by atoms with van der Waals surface area (Å²) in [5.74, 6) is -1.32. The number of carbonyl (C=O) groups is 1. The summed E-state index contributed by atoms with van der Waals surface area (Å²) in [7, 11) is 1.45. The molecule has 0 saturated carbocycles. The average molecular weight is 262 g/mol. The van der Waals surface area contributed by atoms with Gasteiger partial charge in [-0.3, -0.25) is 14.3 Å². The van der Waals surface area contributed by atoms with Crippen molar-refractivity contribution in [2.75, 3.05) is 0 Å². The van der Waals surface area contributed by atoms with Gasteiger partial charge in [0.15, 0.2) is 7.05 Å². The Morgan fingerprint density at radius 1 is 1.42 bits per heavy atom. The topological polar surface area (TPSA) is 128 Å². The molecule has 1 heterocycles. The molecule has 8 heteroatoms. The van der Waals surface area contributed by atoms with Crippen molar-refractivity contribution in [2.24, 2.45) is 17.8 Å². The average Bonchev–Trinajstić information content (AvgIpc) is 2.69. The van der Waals surface area contributed by atoms with Crippen molar-refractivity contribution in [1.29, 1.82) is 0 Å². The van der Waals surface area contributed by atoms with Gasteiger partial charge >= 0.3 is 11.3 Å². The fraction of sp³-hybridized carbons (Fsp3) is 0.0909. The third-order valence-electron chi connectivity index (χ3n) is 2.39. The Labute approximate surface area is 106 Å². The van der Waals surface area contributed by atoms with Crippen LogP contribution in [0.2, 0.25) is 0 Å². The van der Waals surface area contributed by atoms with E-state index in [1.165, 1.54) is 31.3 Å². The van der Waals surface area contributed by atoms with Crippen LogP contribution in [-0.4, -0.2) is 17.1 Å². The summed E-state index contributed by atoms with van der Waals surface area (Å²) in [4.78, 5) is 25.9. The molecule has 1 amide bonds. The number of aromatic amines is 1. The highest BCUT2D eigenvalue weighted by molar-refractivity contribution is 5.93. The van der Waals surface area contributed by atoms with Crippen LogP contribution in [-0.2, 0) is 7.05 Å². The molecule has 1 aromatic carbocycles. The zero-order valence-electron chi connectivity index (χ0n) is 9.91. The molecule has 0 unspecified atom stereocenters. The van der Waals surface area contributed by atoms with Crippen LogP contribution < -0.4 is 21.1 Å². The largest absolute Gasteiger partial charge is 0.854 e. The summed E-state index contributed by atoms with van der Waals surface area (Å²) in [6.07, 6.45) is 0. The second-order valence-corrected chi connectivity index (χ2v) is 3.72. The summed E-state index contributed by atoms with van der Waals surface area (Å²) < 4.78 is 5.58. The van der Waals surface area contributed by atoms with Gasteiger partial charge in [0, 0.05) is 5.56 Å². The van der Waals surface area contributed by atoms with Crippen molar-refractivity contribution in [1.82, 2.24) is 5.27 Å². The Bertz CT molecular complexity index is 696. The Morgan fingerprint density at radius 3 is 2.53 bits per heavy atom. The Hall–Kier alpha value is -2.90. The number of aliphatic imine (C=N–C) groups is 1. The lowest BCUT2D eigenvalue weighted by molar-refractivity contribution is -0.742. The Kier molecular flexibility index (Phi) is 3.15. The first-order valence-electron chi connectivity index (χ1n) is 5.22. The number of nitrogens with two attached hydrogens (primary N) is 1. The van der Waals surface area contributed by atoms with Crippen LogP contribution in [0.4, 0.5) is 5.69 Å². The van der Waals surface area contributed by atoms with Gasteiger partial charge in [-0.2, -0.15) is 0 Å².